The maximum Gasteiger partial charge on any atom is 0.0993 e. The number of thiophene rings is 1. The lowest BCUT2D eigenvalue weighted by Gasteiger charge is -2.14. The predicted molar refractivity (Wildman–Crippen MR) is 177 cm³/mol. The molecule has 5 heteroatoms. The van der Waals surface area contributed by atoms with E-state index in [1.807, 2.05) is 53.8 Å². The van der Waals surface area contributed by atoms with Gasteiger partial charge in [-0.15, -0.1) is 11.3 Å². The third-order valence-corrected chi connectivity index (χ3v) is 9.73. The number of hydrogen-bond donors (Lipinski definition) is 0. The average molecular weight is 565 g/mol. The Kier molecular flexibility index (Phi) is 4.87. The lowest BCUT2D eigenvalue weighted by Crippen LogP contribution is -2.00. The molecule has 0 bridgehead atoms. The van der Waals surface area contributed by atoms with Gasteiger partial charge in [-0.25, -0.2) is 0 Å². The summed E-state index contributed by atoms with van der Waals surface area (Å²) in [5.41, 5.74) is 7.28. The molecule has 0 N–H and O–H groups in total. The summed E-state index contributed by atoms with van der Waals surface area (Å²) in [6.07, 6.45) is 0. The quantitative estimate of drug-likeness (QED) is 0.210. The molecule has 43 heavy (non-hydrogen) atoms. The number of benzene rings is 6. The molecule has 0 amide bonds. The number of aromatic nitrogens is 2. The number of hydrogen-bond acceptors (Lipinski definition) is 3. The van der Waals surface area contributed by atoms with E-state index in [1.165, 1.54) is 30.9 Å². The van der Waals surface area contributed by atoms with Crippen LogP contribution in [-0.2, 0) is 0 Å². The van der Waals surface area contributed by atoms with E-state index in [9.17, 15) is 10.5 Å². The lowest BCUT2D eigenvalue weighted by atomic mass is 10.1. The standard InChI is InChI=1S/C38H20N4S/c39-21-23-13-15-34-31(19-23)27-7-1-4-10-32(27)41(34)25-17-24(22-40)18-26(20-25)42-33-11-5-2-9-30(33)37-35(42)16-14-29-28-8-3-6-12-36(28)43-38(29)37/h1-20H. The zero-order valence-corrected chi connectivity index (χ0v) is 23.6. The van der Waals surface area contributed by atoms with Crippen molar-refractivity contribution in [3.8, 4) is 23.5 Å². The fourth-order valence-corrected chi connectivity index (χ4v) is 8.01. The first-order valence-electron chi connectivity index (χ1n) is 14.1. The number of rotatable bonds is 2. The largest absolute Gasteiger partial charge is 0.309 e. The SMILES string of the molecule is N#Cc1cc(-n2c3ccccc3c3cc(C#N)ccc32)cc(-n2c3ccccc3c3c4sc5ccccc5c4ccc32)c1. The van der Waals surface area contributed by atoms with E-state index in [1.54, 1.807) is 0 Å². The van der Waals surface area contributed by atoms with Crippen molar-refractivity contribution in [3.05, 3.63) is 132 Å². The third-order valence-electron chi connectivity index (χ3n) is 8.53. The molecule has 0 radical (unpaired) electrons. The molecule has 0 aliphatic heterocycles. The van der Waals surface area contributed by atoms with Crippen LogP contribution in [0.15, 0.2) is 121 Å². The Hall–Kier alpha value is -5.88. The smallest absolute Gasteiger partial charge is 0.0993 e. The Morgan fingerprint density at radius 2 is 1.07 bits per heavy atom. The Bertz CT molecular complexity index is 2710. The zero-order chi connectivity index (χ0) is 28.7. The third kappa shape index (κ3) is 3.29. The molecule has 0 saturated heterocycles. The van der Waals surface area contributed by atoms with Crippen molar-refractivity contribution >= 4 is 75.1 Å². The first-order chi connectivity index (χ1) is 21.2. The highest BCUT2D eigenvalue weighted by Gasteiger charge is 2.19. The Morgan fingerprint density at radius 1 is 0.465 bits per heavy atom. The van der Waals surface area contributed by atoms with Crippen LogP contribution in [0.4, 0.5) is 0 Å². The molecule has 9 rings (SSSR count). The summed E-state index contributed by atoms with van der Waals surface area (Å²) in [7, 11) is 0. The molecular formula is C38H20N4S. The van der Waals surface area contributed by atoms with Crippen molar-refractivity contribution in [2.24, 2.45) is 0 Å². The number of nitriles is 2. The summed E-state index contributed by atoms with van der Waals surface area (Å²) in [5, 5.41) is 26.9. The van der Waals surface area contributed by atoms with Gasteiger partial charge in [0.2, 0.25) is 0 Å². The Morgan fingerprint density at radius 3 is 1.84 bits per heavy atom. The molecule has 0 spiro atoms. The second-order valence-electron chi connectivity index (χ2n) is 10.8. The van der Waals surface area contributed by atoms with Gasteiger partial charge in [-0.3, -0.25) is 0 Å². The highest BCUT2D eigenvalue weighted by Crippen LogP contribution is 2.43. The normalized spacial score (nSPS) is 11.7. The van der Waals surface area contributed by atoms with Crippen LogP contribution >= 0.6 is 11.3 Å². The molecule has 0 unspecified atom stereocenters. The van der Waals surface area contributed by atoms with Crippen LogP contribution in [0.25, 0.3) is 75.2 Å². The minimum atomic E-state index is 0.584. The molecule has 0 saturated carbocycles. The molecule has 3 heterocycles. The van der Waals surface area contributed by atoms with Crippen LogP contribution in [-0.4, -0.2) is 9.13 Å². The molecular weight excluding hydrogens is 545 g/mol. The van der Waals surface area contributed by atoms with Crippen LogP contribution in [0.2, 0.25) is 0 Å². The lowest BCUT2D eigenvalue weighted by molar-refractivity contribution is 1.13. The first-order valence-corrected chi connectivity index (χ1v) is 14.9. The predicted octanol–water partition coefficient (Wildman–Crippen LogP) is 9.99. The monoisotopic (exact) mass is 564 g/mol. The molecule has 9 aromatic rings. The van der Waals surface area contributed by atoms with Gasteiger partial charge in [0, 0.05) is 53.1 Å². The van der Waals surface area contributed by atoms with E-state index >= 15 is 0 Å². The second-order valence-corrected chi connectivity index (χ2v) is 11.9. The molecule has 4 nitrogen and oxygen atoms in total. The van der Waals surface area contributed by atoms with Crippen LogP contribution in [0.5, 0.6) is 0 Å². The van der Waals surface area contributed by atoms with E-state index < -0.39 is 0 Å². The zero-order valence-electron chi connectivity index (χ0n) is 22.7. The fraction of sp³-hybridized carbons (Fsp3) is 0. The van der Waals surface area contributed by atoms with Crippen LogP contribution < -0.4 is 0 Å². The molecule has 3 aromatic heterocycles. The summed E-state index contributed by atoms with van der Waals surface area (Å²) in [4.78, 5) is 0. The summed E-state index contributed by atoms with van der Waals surface area (Å²) in [6, 6.07) is 46.5. The molecule has 0 aliphatic carbocycles. The summed E-state index contributed by atoms with van der Waals surface area (Å²) >= 11 is 1.84. The van der Waals surface area contributed by atoms with Crippen LogP contribution in [0, 0.1) is 22.7 Å². The van der Waals surface area contributed by atoms with E-state index in [4.69, 9.17) is 0 Å². The van der Waals surface area contributed by atoms with Crippen molar-refractivity contribution < 1.29 is 0 Å². The van der Waals surface area contributed by atoms with Gasteiger partial charge in [0.25, 0.3) is 0 Å². The van der Waals surface area contributed by atoms with Gasteiger partial charge in [0.05, 0.1) is 45.3 Å². The molecule has 0 aliphatic rings. The van der Waals surface area contributed by atoms with Gasteiger partial charge in [-0.2, -0.15) is 10.5 Å². The van der Waals surface area contributed by atoms with Crippen LogP contribution in [0.1, 0.15) is 11.1 Å². The Balaban J connectivity index is 1.39. The van der Waals surface area contributed by atoms with Gasteiger partial charge in [-0.1, -0.05) is 60.7 Å². The fourth-order valence-electron chi connectivity index (χ4n) is 6.75. The minimum Gasteiger partial charge on any atom is -0.309 e. The van der Waals surface area contributed by atoms with E-state index in [0.29, 0.717) is 11.1 Å². The molecule has 0 fully saturated rings. The van der Waals surface area contributed by atoms with Gasteiger partial charge < -0.3 is 9.13 Å². The topological polar surface area (TPSA) is 57.4 Å². The average Bonchev–Trinajstić information content (AvgIpc) is 3.71. The molecule has 198 valence electrons. The second kappa shape index (κ2) is 8.81. The summed E-state index contributed by atoms with van der Waals surface area (Å²) in [6.45, 7) is 0. The van der Waals surface area contributed by atoms with Crippen molar-refractivity contribution in [2.75, 3.05) is 0 Å². The number of nitrogens with zero attached hydrogens (tertiary/aromatic N) is 4. The van der Waals surface area contributed by atoms with Gasteiger partial charge >= 0.3 is 0 Å². The Labute approximate surface area is 250 Å². The van der Waals surface area contributed by atoms with Crippen molar-refractivity contribution in [2.45, 2.75) is 0 Å². The van der Waals surface area contributed by atoms with Gasteiger partial charge in [-0.05, 0) is 60.7 Å². The van der Waals surface area contributed by atoms with Crippen LogP contribution in [0.3, 0.4) is 0 Å². The van der Waals surface area contributed by atoms with E-state index in [-0.39, 0.29) is 0 Å². The summed E-state index contributed by atoms with van der Waals surface area (Å²) < 4.78 is 7.05. The van der Waals surface area contributed by atoms with Crippen molar-refractivity contribution in [3.63, 3.8) is 0 Å². The van der Waals surface area contributed by atoms with E-state index in [0.717, 1.165) is 44.2 Å². The maximum atomic E-state index is 10.2. The maximum absolute atomic E-state index is 10.2. The van der Waals surface area contributed by atoms with Gasteiger partial charge in [0.1, 0.15) is 0 Å². The highest BCUT2D eigenvalue weighted by molar-refractivity contribution is 7.26. The van der Waals surface area contributed by atoms with Gasteiger partial charge in [0.15, 0.2) is 0 Å². The summed E-state index contributed by atoms with van der Waals surface area (Å²) in [5.74, 6) is 0. The number of para-hydroxylation sites is 2. The molecule has 0 atom stereocenters. The highest BCUT2D eigenvalue weighted by atomic mass is 32.1. The van der Waals surface area contributed by atoms with Crippen molar-refractivity contribution in [1.29, 1.82) is 10.5 Å². The minimum absolute atomic E-state index is 0.584. The number of fused-ring (bicyclic) bond motifs is 10. The molecule has 6 aromatic carbocycles. The van der Waals surface area contributed by atoms with E-state index in [2.05, 4.69) is 100 Å². The first kappa shape index (κ1) is 23.8. The van der Waals surface area contributed by atoms with Crippen molar-refractivity contribution in [1.82, 2.24) is 9.13 Å².